The third-order valence-corrected chi connectivity index (χ3v) is 4.62. The van der Waals surface area contributed by atoms with Gasteiger partial charge in [-0.15, -0.1) is 0 Å². The zero-order valence-electron chi connectivity index (χ0n) is 14.8. The van der Waals surface area contributed by atoms with E-state index in [-0.39, 0.29) is 5.97 Å². The average Bonchev–Trinajstić information content (AvgIpc) is 2.41. The molecule has 2 atom stereocenters. The van der Waals surface area contributed by atoms with Crippen LogP contribution >= 0.6 is 0 Å². The van der Waals surface area contributed by atoms with E-state index >= 15 is 0 Å². The molecule has 0 saturated carbocycles. The summed E-state index contributed by atoms with van der Waals surface area (Å²) in [4.78, 5) is 12.0. The van der Waals surface area contributed by atoms with E-state index in [1.807, 2.05) is 13.8 Å². The van der Waals surface area contributed by atoms with Crippen molar-refractivity contribution in [2.45, 2.75) is 103 Å². The second-order valence-corrected chi connectivity index (χ2v) is 7.62. The number of hydrogen-bond acceptors (Lipinski definition) is 5. The van der Waals surface area contributed by atoms with E-state index < -0.39 is 23.3 Å². The first kappa shape index (κ1) is 19.4. The highest BCUT2D eigenvalue weighted by Crippen LogP contribution is 2.38. The molecule has 22 heavy (non-hydrogen) atoms. The molecule has 0 bridgehead atoms. The lowest BCUT2D eigenvalue weighted by Crippen LogP contribution is -2.68. The Morgan fingerprint density at radius 2 is 1.77 bits per heavy atom. The van der Waals surface area contributed by atoms with Crippen LogP contribution in [0.2, 0.25) is 0 Å². The molecule has 0 radical (unpaired) electrons. The van der Waals surface area contributed by atoms with Gasteiger partial charge in [0, 0.05) is 12.0 Å². The Bertz CT molecular complexity index is 368. The van der Waals surface area contributed by atoms with Crippen molar-refractivity contribution in [3.8, 4) is 0 Å². The molecule has 0 aromatic carbocycles. The number of rotatable bonds is 7. The average molecular weight is 315 g/mol. The van der Waals surface area contributed by atoms with Crippen molar-refractivity contribution in [1.82, 2.24) is 5.06 Å². The van der Waals surface area contributed by atoms with E-state index in [9.17, 15) is 15.1 Å². The number of nitrogens with zero attached hydrogens (tertiary/aromatic N) is 1. The van der Waals surface area contributed by atoms with E-state index in [4.69, 9.17) is 4.74 Å². The summed E-state index contributed by atoms with van der Waals surface area (Å²) in [5, 5.41) is 21.9. The van der Waals surface area contributed by atoms with Crippen molar-refractivity contribution in [3.05, 3.63) is 0 Å². The molecule has 1 aliphatic heterocycles. The Balaban J connectivity index is 2.54. The first-order chi connectivity index (χ1) is 10.1. The standard InChI is InChI=1S/C17H33NO4/c1-6-7-8-9-10-11-14(20)22-15-13(19)12-16(2,3)18(21)17(15,4)5/h13,15,19,21H,6-12H2,1-5H3. The van der Waals surface area contributed by atoms with Crippen molar-refractivity contribution >= 4 is 5.97 Å². The van der Waals surface area contributed by atoms with Crippen LogP contribution in [0.3, 0.4) is 0 Å². The molecule has 0 aromatic rings. The maximum atomic E-state index is 12.0. The Morgan fingerprint density at radius 3 is 2.36 bits per heavy atom. The maximum absolute atomic E-state index is 12.0. The van der Waals surface area contributed by atoms with E-state index in [1.165, 1.54) is 17.9 Å². The molecule has 1 rings (SSSR count). The number of unbranched alkanes of at least 4 members (excludes halogenated alkanes) is 4. The molecule has 1 aliphatic rings. The number of hydroxylamine groups is 2. The number of aliphatic hydroxyl groups excluding tert-OH is 1. The molecule has 2 N–H and O–H groups in total. The summed E-state index contributed by atoms with van der Waals surface area (Å²) in [7, 11) is 0. The predicted molar refractivity (Wildman–Crippen MR) is 85.7 cm³/mol. The number of hydrogen-bond donors (Lipinski definition) is 2. The number of ether oxygens (including phenoxy) is 1. The molecular weight excluding hydrogens is 282 g/mol. The summed E-state index contributed by atoms with van der Waals surface area (Å²) in [6.07, 6.45) is 4.60. The number of esters is 1. The van der Waals surface area contributed by atoms with Crippen molar-refractivity contribution in [2.75, 3.05) is 0 Å². The predicted octanol–water partition coefficient (Wildman–Crippen LogP) is 3.27. The highest BCUT2D eigenvalue weighted by atomic mass is 16.6. The number of carbonyl (C=O) groups is 1. The molecule has 0 aromatic heterocycles. The SMILES string of the molecule is CCCCCCCC(=O)OC1C(O)CC(C)(C)N(O)C1(C)C. The lowest BCUT2D eigenvalue weighted by atomic mass is 9.78. The summed E-state index contributed by atoms with van der Waals surface area (Å²) < 4.78 is 5.50. The van der Waals surface area contributed by atoms with Crippen LogP contribution in [-0.4, -0.2) is 44.6 Å². The highest BCUT2D eigenvalue weighted by Gasteiger charge is 2.53. The zero-order valence-corrected chi connectivity index (χ0v) is 14.8. The van der Waals surface area contributed by atoms with E-state index in [0.717, 1.165) is 19.3 Å². The number of aliphatic hydroxyl groups is 1. The summed E-state index contributed by atoms with van der Waals surface area (Å²) >= 11 is 0. The fourth-order valence-corrected chi connectivity index (χ4v) is 3.37. The second-order valence-electron chi connectivity index (χ2n) is 7.62. The van der Waals surface area contributed by atoms with Crippen LogP contribution in [0.4, 0.5) is 0 Å². The topological polar surface area (TPSA) is 70.0 Å². The van der Waals surface area contributed by atoms with Gasteiger partial charge in [0.2, 0.25) is 0 Å². The van der Waals surface area contributed by atoms with Crippen LogP contribution in [-0.2, 0) is 9.53 Å². The van der Waals surface area contributed by atoms with Crippen LogP contribution in [0, 0.1) is 0 Å². The lowest BCUT2D eigenvalue weighted by molar-refractivity contribution is -0.293. The molecule has 5 nitrogen and oxygen atoms in total. The largest absolute Gasteiger partial charge is 0.458 e. The minimum atomic E-state index is -0.820. The van der Waals surface area contributed by atoms with Gasteiger partial charge in [-0.25, -0.2) is 0 Å². The van der Waals surface area contributed by atoms with E-state index in [2.05, 4.69) is 6.92 Å². The van der Waals surface area contributed by atoms with Gasteiger partial charge in [0.05, 0.1) is 11.6 Å². The number of piperidine rings is 1. The van der Waals surface area contributed by atoms with Crippen LogP contribution in [0.15, 0.2) is 0 Å². The van der Waals surface area contributed by atoms with Gasteiger partial charge in [-0.05, 0) is 40.5 Å². The van der Waals surface area contributed by atoms with Crippen LogP contribution in [0.1, 0.15) is 79.6 Å². The van der Waals surface area contributed by atoms with E-state index in [0.29, 0.717) is 12.8 Å². The van der Waals surface area contributed by atoms with Crippen molar-refractivity contribution in [2.24, 2.45) is 0 Å². The van der Waals surface area contributed by atoms with Gasteiger partial charge in [0.1, 0.15) is 6.10 Å². The van der Waals surface area contributed by atoms with Gasteiger partial charge in [0.25, 0.3) is 0 Å². The molecular formula is C17H33NO4. The smallest absolute Gasteiger partial charge is 0.306 e. The lowest BCUT2D eigenvalue weighted by Gasteiger charge is -2.53. The molecule has 1 saturated heterocycles. The Hall–Kier alpha value is -0.650. The Kier molecular flexibility index (Phi) is 6.84. The fourth-order valence-electron chi connectivity index (χ4n) is 3.37. The number of carbonyl (C=O) groups excluding carboxylic acids is 1. The zero-order chi connectivity index (χ0) is 17.0. The molecule has 0 amide bonds. The minimum Gasteiger partial charge on any atom is -0.458 e. The second kappa shape index (κ2) is 7.75. The van der Waals surface area contributed by atoms with Crippen molar-refractivity contribution in [3.63, 3.8) is 0 Å². The van der Waals surface area contributed by atoms with Crippen LogP contribution in [0.5, 0.6) is 0 Å². The minimum absolute atomic E-state index is 0.290. The van der Waals surface area contributed by atoms with Gasteiger partial charge in [0.15, 0.2) is 0 Å². The monoisotopic (exact) mass is 315 g/mol. The van der Waals surface area contributed by atoms with Gasteiger partial charge >= 0.3 is 5.97 Å². The fraction of sp³-hybridized carbons (Fsp3) is 0.941. The maximum Gasteiger partial charge on any atom is 0.306 e. The van der Waals surface area contributed by atoms with Crippen LogP contribution < -0.4 is 0 Å². The molecule has 2 unspecified atom stereocenters. The van der Waals surface area contributed by atoms with E-state index in [1.54, 1.807) is 13.8 Å². The molecule has 1 heterocycles. The normalized spacial score (nSPS) is 27.6. The van der Waals surface area contributed by atoms with Crippen molar-refractivity contribution < 1.29 is 19.8 Å². The third-order valence-electron chi connectivity index (χ3n) is 4.62. The molecule has 0 aliphatic carbocycles. The van der Waals surface area contributed by atoms with Crippen LogP contribution in [0.25, 0.3) is 0 Å². The highest BCUT2D eigenvalue weighted by molar-refractivity contribution is 5.69. The Morgan fingerprint density at radius 1 is 1.18 bits per heavy atom. The Labute approximate surface area is 134 Å². The summed E-state index contributed by atoms with van der Waals surface area (Å²) in [6.45, 7) is 9.46. The molecule has 5 heteroatoms. The molecule has 1 fully saturated rings. The van der Waals surface area contributed by atoms with Gasteiger partial charge in [-0.3, -0.25) is 4.79 Å². The quantitative estimate of drug-likeness (QED) is 0.557. The summed E-state index contributed by atoms with van der Waals surface area (Å²) in [6, 6.07) is 0. The first-order valence-corrected chi connectivity index (χ1v) is 8.49. The molecule has 130 valence electrons. The van der Waals surface area contributed by atoms with Gasteiger partial charge < -0.3 is 15.1 Å². The first-order valence-electron chi connectivity index (χ1n) is 8.49. The van der Waals surface area contributed by atoms with Crippen molar-refractivity contribution in [1.29, 1.82) is 0 Å². The molecule has 0 spiro atoms. The van der Waals surface area contributed by atoms with Gasteiger partial charge in [-0.2, -0.15) is 5.06 Å². The van der Waals surface area contributed by atoms with Gasteiger partial charge in [-0.1, -0.05) is 32.6 Å². The summed E-state index contributed by atoms with van der Waals surface area (Å²) in [5.41, 5.74) is -1.37. The summed E-state index contributed by atoms with van der Waals surface area (Å²) in [5.74, 6) is -0.290. The third kappa shape index (κ3) is 4.67.